The van der Waals surface area contributed by atoms with Crippen molar-refractivity contribution in [2.24, 2.45) is 0 Å². The molecule has 1 amide bonds. The van der Waals surface area contributed by atoms with Gasteiger partial charge in [-0.1, -0.05) is 48.5 Å². The molecule has 0 atom stereocenters. The molecular weight excluding hydrogens is 448 g/mol. The highest BCUT2D eigenvalue weighted by Crippen LogP contribution is 2.21. The number of aromatic nitrogens is 2. The maximum absolute atomic E-state index is 12.8. The second-order valence-electron chi connectivity index (χ2n) is 8.36. The lowest BCUT2D eigenvalue weighted by molar-refractivity contribution is -0.135. The van der Waals surface area contributed by atoms with Crippen LogP contribution in [0.25, 0.3) is 4.96 Å². The molecule has 5 rings (SSSR count). The quantitative estimate of drug-likeness (QED) is 0.412. The molecule has 0 aliphatic carbocycles. The van der Waals surface area contributed by atoms with Gasteiger partial charge in [0.25, 0.3) is 11.5 Å². The summed E-state index contributed by atoms with van der Waals surface area (Å²) in [7, 11) is 0. The number of amides is 1. The maximum atomic E-state index is 12.8. The number of hydrogen-bond donors (Lipinski definition) is 0. The van der Waals surface area contributed by atoms with Crippen molar-refractivity contribution in [2.45, 2.75) is 13.0 Å². The van der Waals surface area contributed by atoms with Gasteiger partial charge < -0.3 is 9.64 Å². The summed E-state index contributed by atoms with van der Waals surface area (Å²) >= 11 is 1.45. The number of ether oxygens (including phenoxy) is 1. The largest absolute Gasteiger partial charge is 0.483 e. The molecule has 2 aromatic carbocycles. The van der Waals surface area contributed by atoms with E-state index in [-0.39, 0.29) is 18.1 Å². The monoisotopic (exact) mass is 474 g/mol. The molecule has 2 aromatic heterocycles. The first-order valence-corrected chi connectivity index (χ1v) is 12.2. The average molecular weight is 475 g/mol. The van der Waals surface area contributed by atoms with Gasteiger partial charge in [0.1, 0.15) is 5.75 Å². The predicted octanol–water partition coefficient (Wildman–Crippen LogP) is 3.07. The fraction of sp³-hybridized carbons (Fsp3) is 0.269. The van der Waals surface area contributed by atoms with Crippen LogP contribution in [0.1, 0.15) is 16.8 Å². The van der Waals surface area contributed by atoms with E-state index in [0.717, 1.165) is 36.5 Å². The first kappa shape index (κ1) is 22.3. The zero-order valence-corrected chi connectivity index (χ0v) is 19.6. The smallest absolute Gasteiger partial charge is 0.260 e. The van der Waals surface area contributed by atoms with Gasteiger partial charge in [-0.05, 0) is 17.2 Å². The van der Waals surface area contributed by atoms with Crippen molar-refractivity contribution in [3.8, 4) is 5.75 Å². The van der Waals surface area contributed by atoms with Crippen LogP contribution in [0.4, 0.5) is 0 Å². The Morgan fingerprint density at radius 2 is 1.76 bits per heavy atom. The second-order valence-corrected chi connectivity index (χ2v) is 9.23. The lowest BCUT2D eigenvalue weighted by atomic mass is 10.0. The lowest BCUT2D eigenvalue weighted by Crippen LogP contribution is -2.49. The number of thiazole rings is 1. The summed E-state index contributed by atoms with van der Waals surface area (Å²) in [6.45, 7) is 3.38. The average Bonchev–Trinajstić information content (AvgIpc) is 3.34. The van der Waals surface area contributed by atoms with Crippen LogP contribution in [0, 0.1) is 0 Å². The molecule has 1 aliphatic heterocycles. The molecule has 7 nitrogen and oxygen atoms in total. The van der Waals surface area contributed by atoms with E-state index in [1.165, 1.54) is 16.9 Å². The van der Waals surface area contributed by atoms with Gasteiger partial charge in [0, 0.05) is 56.8 Å². The van der Waals surface area contributed by atoms with Gasteiger partial charge >= 0.3 is 0 Å². The topological polar surface area (TPSA) is 67.2 Å². The third kappa shape index (κ3) is 5.18. The molecule has 3 heterocycles. The molecule has 34 heavy (non-hydrogen) atoms. The summed E-state index contributed by atoms with van der Waals surface area (Å²) in [6, 6.07) is 19.7. The summed E-state index contributed by atoms with van der Waals surface area (Å²) in [5.74, 6) is 0.741. The van der Waals surface area contributed by atoms with Crippen molar-refractivity contribution in [3.63, 3.8) is 0 Å². The number of hydrogen-bond acceptors (Lipinski definition) is 6. The fourth-order valence-electron chi connectivity index (χ4n) is 4.19. The van der Waals surface area contributed by atoms with Gasteiger partial charge in [0.2, 0.25) is 0 Å². The third-order valence-corrected chi connectivity index (χ3v) is 6.78. The molecule has 0 spiro atoms. The van der Waals surface area contributed by atoms with Crippen molar-refractivity contribution >= 4 is 22.2 Å². The fourth-order valence-corrected chi connectivity index (χ4v) is 4.93. The van der Waals surface area contributed by atoms with Crippen LogP contribution in [0.3, 0.4) is 0 Å². The number of carbonyl (C=O) groups excluding carboxylic acids is 1. The Bertz CT molecular complexity index is 1330. The molecule has 8 heteroatoms. The molecule has 4 aromatic rings. The van der Waals surface area contributed by atoms with Crippen LogP contribution in [-0.4, -0.2) is 57.9 Å². The SMILES string of the molecule is O=C(COc1ccccc1Cc1ccccc1)N1CCN(Cc2cc(=O)n3ccsc3n2)CC1. The number of carbonyl (C=O) groups is 1. The Morgan fingerprint density at radius 3 is 2.59 bits per heavy atom. The minimum atomic E-state index is -0.0558. The number of piperazine rings is 1. The van der Waals surface area contributed by atoms with Crippen LogP contribution in [0.5, 0.6) is 5.75 Å². The van der Waals surface area contributed by atoms with E-state index < -0.39 is 0 Å². The minimum absolute atomic E-state index is 0.00876. The van der Waals surface area contributed by atoms with Crippen molar-refractivity contribution in [1.82, 2.24) is 19.2 Å². The molecule has 174 valence electrons. The first-order chi connectivity index (χ1) is 16.7. The van der Waals surface area contributed by atoms with E-state index in [0.29, 0.717) is 24.6 Å². The summed E-state index contributed by atoms with van der Waals surface area (Å²) in [5.41, 5.74) is 2.99. The van der Waals surface area contributed by atoms with E-state index >= 15 is 0 Å². The molecule has 0 unspecified atom stereocenters. The summed E-state index contributed by atoms with van der Waals surface area (Å²) in [5, 5.41) is 1.86. The molecular formula is C26H26N4O3S. The molecule has 1 saturated heterocycles. The van der Waals surface area contributed by atoms with Crippen molar-refractivity contribution in [2.75, 3.05) is 32.8 Å². The first-order valence-electron chi connectivity index (χ1n) is 11.4. The third-order valence-electron chi connectivity index (χ3n) is 6.03. The summed E-state index contributed by atoms with van der Waals surface area (Å²) in [4.78, 5) is 34.4. The van der Waals surface area contributed by atoms with Gasteiger partial charge in [-0.25, -0.2) is 4.98 Å². The van der Waals surface area contributed by atoms with E-state index in [2.05, 4.69) is 22.0 Å². The highest BCUT2D eigenvalue weighted by atomic mass is 32.1. The van der Waals surface area contributed by atoms with Crippen molar-refractivity contribution in [3.05, 3.63) is 99.4 Å². The molecule has 1 fully saturated rings. The van der Waals surface area contributed by atoms with Gasteiger partial charge in [-0.3, -0.25) is 18.9 Å². The van der Waals surface area contributed by atoms with Crippen LogP contribution in [-0.2, 0) is 17.8 Å². The van der Waals surface area contributed by atoms with E-state index in [1.807, 2.05) is 52.7 Å². The van der Waals surface area contributed by atoms with E-state index in [1.54, 1.807) is 16.7 Å². The Hall–Kier alpha value is -3.49. The van der Waals surface area contributed by atoms with Gasteiger partial charge in [-0.15, -0.1) is 11.3 Å². The minimum Gasteiger partial charge on any atom is -0.483 e. The van der Waals surface area contributed by atoms with E-state index in [4.69, 9.17) is 4.74 Å². The summed E-state index contributed by atoms with van der Waals surface area (Å²) in [6.07, 6.45) is 2.50. The standard InChI is InChI=1S/C26H26N4O3S/c31-24-17-22(27-26-30(24)14-15-34-26)18-28-10-12-29(13-11-28)25(32)19-33-23-9-5-4-8-21(23)16-20-6-2-1-3-7-20/h1-9,14-15,17H,10-13,16,18-19H2. The van der Waals surface area contributed by atoms with Crippen molar-refractivity contribution < 1.29 is 9.53 Å². The highest BCUT2D eigenvalue weighted by molar-refractivity contribution is 7.15. The van der Waals surface area contributed by atoms with Crippen LogP contribution < -0.4 is 10.3 Å². The Balaban J connectivity index is 1.13. The zero-order valence-electron chi connectivity index (χ0n) is 18.8. The highest BCUT2D eigenvalue weighted by Gasteiger charge is 2.22. The Morgan fingerprint density at radius 1 is 1.00 bits per heavy atom. The van der Waals surface area contributed by atoms with Gasteiger partial charge in [0.05, 0.1) is 5.69 Å². The van der Waals surface area contributed by atoms with Crippen LogP contribution in [0.15, 0.2) is 77.0 Å². The number of benzene rings is 2. The number of nitrogens with zero attached hydrogens (tertiary/aromatic N) is 4. The second kappa shape index (κ2) is 10.2. The van der Waals surface area contributed by atoms with Gasteiger partial charge in [0.15, 0.2) is 11.6 Å². The molecule has 0 bridgehead atoms. The Kier molecular flexibility index (Phi) is 6.69. The van der Waals surface area contributed by atoms with E-state index in [9.17, 15) is 9.59 Å². The summed E-state index contributed by atoms with van der Waals surface area (Å²) < 4.78 is 7.50. The molecule has 0 radical (unpaired) electrons. The van der Waals surface area contributed by atoms with Gasteiger partial charge in [-0.2, -0.15) is 0 Å². The zero-order chi connectivity index (χ0) is 23.3. The molecule has 0 saturated carbocycles. The van der Waals surface area contributed by atoms with Crippen LogP contribution >= 0.6 is 11.3 Å². The maximum Gasteiger partial charge on any atom is 0.260 e. The molecule has 1 aliphatic rings. The lowest BCUT2D eigenvalue weighted by Gasteiger charge is -2.34. The van der Waals surface area contributed by atoms with Crippen molar-refractivity contribution in [1.29, 1.82) is 0 Å². The normalized spacial score (nSPS) is 14.4. The predicted molar refractivity (Wildman–Crippen MR) is 132 cm³/mol. The number of rotatable bonds is 7. The number of fused-ring (bicyclic) bond motifs is 1. The van der Waals surface area contributed by atoms with Crippen LogP contribution in [0.2, 0.25) is 0 Å². The molecule has 0 N–H and O–H groups in total. The Labute approximate surface area is 201 Å². The number of para-hydroxylation sites is 1.